The van der Waals surface area contributed by atoms with Crippen molar-refractivity contribution in [2.75, 3.05) is 18.6 Å². The molecule has 8 heteroatoms. The number of alkyl halides is 2. The van der Waals surface area contributed by atoms with Crippen molar-refractivity contribution in [1.29, 1.82) is 0 Å². The Labute approximate surface area is 167 Å². The average Bonchev–Trinajstić information content (AvgIpc) is 3.15. The molecule has 29 heavy (non-hydrogen) atoms. The number of nitrogens with zero attached hydrogens (tertiary/aromatic N) is 1. The van der Waals surface area contributed by atoms with Crippen LogP contribution in [0.2, 0.25) is 0 Å². The minimum atomic E-state index is -2.95. The van der Waals surface area contributed by atoms with E-state index in [1.165, 1.54) is 19.2 Å². The maximum atomic E-state index is 12.5. The van der Waals surface area contributed by atoms with Gasteiger partial charge in [0.25, 0.3) is 5.91 Å². The quantitative estimate of drug-likeness (QED) is 0.767. The Bertz CT molecular complexity index is 918. The first kappa shape index (κ1) is 20.6. The molecule has 0 radical (unpaired) electrons. The van der Waals surface area contributed by atoms with Crippen molar-refractivity contribution in [2.24, 2.45) is 0 Å². The molecule has 1 N–H and O–H groups in total. The van der Waals surface area contributed by atoms with Gasteiger partial charge in [0.15, 0.2) is 11.5 Å². The molecule has 1 heterocycles. The van der Waals surface area contributed by atoms with E-state index in [0.717, 1.165) is 11.3 Å². The summed E-state index contributed by atoms with van der Waals surface area (Å²) in [6.45, 7) is -0.303. The number of halogens is 2. The summed E-state index contributed by atoms with van der Waals surface area (Å²) in [5.41, 5.74) is 3.00. The minimum Gasteiger partial charge on any atom is -0.493 e. The molecule has 0 bridgehead atoms. The van der Waals surface area contributed by atoms with Gasteiger partial charge in [0.2, 0.25) is 5.91 Å². The first-order valence-electron chi connectivity index (χ1n) is 9.26. The van der Waals surface area contributed by atoms with E-state index in [-0.39, 0.29) is 29.9 Å². The molecule has 0 fully saturated rings. The summed E-state index contributed by atoms with van der Waals surface area (Å²) in [6.07, 6.45) is 1.15. The first-order valence-corrected chi connectivity index (χ1v) is 9.26. The van der Waals surface area contributed by atoms with Crippen LogP contribution in [0, 0.1) is 0 Å². The fraction of sp³-hybridized carbons (Fsp3) is 0.333. The lowest BCUT2D eigenvalue weighted by Gasteiger charge is -2.16. The molecular weight excluding hydrogens is 382 g/mol. The van der Waals surface area contributed by atoms with Crippen LogP contribution in [0.1, 0.15) is 34.8 Å². The van der Waals surface area contributed by atoms with Gasteiger partial charge >= 0.3 is 6.61 Å². The topological polar surface area (TPSA) is 67.9 Å². The maximum absolute atomic E-state index is 12.5. The summed E-state index contributed by atoms with van der Waals surface area (Å²) in [5.74, 6) is -0.105. The number of rotatable bonds is 7. The van der Waals surface area contributed by atoms with Crippen LogP contribution in [0.15, 0.2) is 36.4 Å². The van der Waals surface area contributed by atoms with E-state index in [4.69, 9.17) is 4.74 Å². The van der Waals surface area contributed by atoms with Crippen LogP contribution in [0.4, 0.5) is 14.5 Å². The zero-order valence-corrected chi connectivity index (χ0v) is 16.2. The Morgan fingerprint density at radius 3 is 2.66 bits per heavy atom. The highest BCUT2D eigenvalue weighted by Gasteiger charge is 2.24. The Kier molecular flexibility index (Phi) is 6.31. The fourth-order valence-corrected chi connectivity index (χ4v) is 3.29. The van der Waals surface area contributed by atoms with Crippen LogP contribution >= 0.6 is 0 Å². The van der Waals surface area contributed by atoms with Crippen molar-refractivity contribution in [3.63, 3.8) is 0 Å². The molecule has 154 valence electrons. The molecule has 2 aromatic carbocycles. The molecule has 1 aliphatic heterocycles. The van der Waals surface area contributed by atoms with E-state index < -0.39 is 6.61 Å². The largest absolute Gasteiger partial charge is 0.493 e. The Balaban J connectivity index is 1.66. The highest BCUT2D eigenvalue weighted by molar-refractivity contribution is 5.98. The van der Waals surface area contributed by atoms with Gasteiger partial charge in [-0.25, -0.2) is 0 Å². The summed E-state index contributed by atoms with van der Waals surface area (Å²) >= 11 is 0. The van der Waals surface area contributed by atoms with E-state index in [1.807, 2.05) is 6.92 Å². The molecule has 0 unspecified atom stereocenters. The molecule has 0 aliphatic carbocycles. The number of methoxy groups -OCH3 is 1. The third-order valence-corrected chi connectivity index (χ3v) is 4.74. The number of fused-ring (bicyclic) bond motifs is 1. The molecule has 1 aliphatic rings. The molecule has 2 amide bonds. The zero-order valence-electron chi connectivity index (χ0n) is 16.2. The SMILES string of the molecule is CCC(=O)N1CCc2cc(C(=O)NCc3ccc(OC(F)F)c(OC)c3)ccc21. The summed E-state index contributed by atoms with van der Waals surface area (Å²) in [5, 5.41) is 2.80. The number of carbonyl (C=O) groups is 2. The molecule has 6 nitrogen and oxygen atoms in total. The number of carbonyl (C=O) groups excluding carboxylic acids is 2. The van der Waals surface area contributed by atoms with Gasteiger partial charge in [-0.3, -0.25) is 9.59 Å². The zero-order chi connectivity index (χ0) is 21.0. The molecule has 0 saturated carbocycles. The third kappa shape index (κ3) is 4.64. The average molecular weight is 404 g/mol. The number of anilines is 1. The number of ether oxygens (including phenoxy) is 2. The second-order valence-electron chi connectivity index (χ2n) is 6.54. The van der Waals surface area contributed by atoms with Crippen LogP contribution in [-0.2, 0) is 17.8 Å². The minimum absolute atomic E-state index is 0.0640. The van der Waals surface area contributed by atoms with Crippen LogP contribution in [-0.4, -0.2) is 32.1 Å². The molecule has 0 atom stereocenters. The predicted octanol–water partition coefficient (Wildman–Crippen LogP) is 3.53. The van der Waals surface area contributed by atoms with Gasteiger partial charge in [-0.1, -0.05) is 13.0 Å². The standard InChI is InChI=1S/C21H22F2N2O4/c1-3-19(26)25-9-8-14-11-15(5-6-16(14)25)20(27)24-12-13-4-7-17(29-21(22)23)18(10-13)28-2/h4-7,10-11,21H,3,8-9,12H2,1-2H3,(H,24,27). The van der Waals surface area contributed by atoms with Gasteiger partial charge < -0.3 is 19.7 Å². The molecule has 2 aromatic rings. The summed E-state index contributed by atoms with van der Waals surface area (Å²) in [6, 6.07) is 9.78. The summed E-state index contributed by atoms with van der Waals surface area (Å²) in [7, 11) is 1.35. The van der Waals surface area contributed by atoms with Crippen LogP contribution < -0.4 is 19.7 Å². The van der Waals surface area contributed by atoms with Crippen LogP contribution in [0.25, 0.3) is 0 Å². The van der Waals surface area contributed by atoms with Gasteiger partial charge in [-0.2, -0.15) is 8.78 Å². The summed E-state index contributed by atoms with van der Waals surface area (Å²) in [4.78, 5) is 26.2. The number of hydrogen-bond acceptors (Lipinski definition) is 4. The molecule has 0 spiro atoms. The van der Waals surface area contributed by atoms with Crippen molar-refractivity contribution < 1.29 is 27.8 Å². The summed E-state index contributed by atoms with van der Waals surface area (Å²) < 4.78 is 34.3. The second kappa shape index (κ2) is 8.89. The Morgan fingerprint density at radius 1 is 1.17 bits per heavy atom. The molecule has 3 rings (SSSR count). The molecule has 0 aromatic heterocycles. The lowest BCUT2D eigenvalue weighted by molar-refractivity contribution is -0.118. The van der Waals surface area contributed by atoms with E-state index in [0.29, 0.717) is 30.5 Å². The van der Waals surface area contributed by atoms with Crippen molar-refractivity contribution in [1.82, 2.24) is 5.32 Å². The Morgan fingerprint density at radius 2 is 1.97 bits per heavy atom. The van der Waals surface area contributed by atoms with Gasteiger partial charge in [0, 0.05) is 30.8 Å². The van der Waals surface area contributed by atoms with Gasteiger partial charge in [0.1, 0.15) is 0 Å². The van der Waals surface area contributed by atoms with Crippen molar-refractivity contribution in [3.05, 3.63) is 53.1 Å². The number of amides is 2. The number of nitrogens with one attached hydrogen (secondary N) is 1. The highest BCUT2D eigenvalue weighted by atomic mass is 19.3. The van der Waals surface area contributed by atoms with Gasteiger partial charge in [-0.05, 0) is 47.9 Å². The van der Waals surface area contributed by atoms with E-state index >= 15 is 0 Å². The lowest BCUT2D eigenvalue weighted by atomic mass is 10.1. The second-order valence-corrected chi connectivity index (χ2v) is 6.54. The van der Waals surface area contributed by atoms with Gasteiger partial charge in [-0.15, -0.1) is 0 Å². The van der Waals surface area contributed by atoms with Gasteiger partial charge in [0.05, 0.1) is 7.11 Å². The molecular formula is C21H22F2N2O4. The number of benzene rings is 2. The maximum Gasteiger partial charge on any atom is 0.387 e. The van der Waals surface area contributed by atoms with Crippen molar-refractivity contribution >= 4 is 17.5 Å². The van der Waals surface area contributed by atoms with Crippen molar-refractivity contribution in [2.45, 2.75) is 32.9 Å². The molecule has 0 saturated heterocycles. The smallest absolute Gasteiger partial charge is 0.387 e. The first-order chi connectivity index (χ1) is 13.9. The van der Waals surface area contributed by atoms with Crippen LogP contribution in [0.5, 0.6) is 11.5 Å². The van der Waals surface area contributed by atoms with E-state index in [2.05, 4.69) is 10.1 Å². The normalized spacial score (nSPS) is 12.7. The fourth-order valence-electron chi connectivity index (χ4n) is 3.29. The van der Waals surface area contributed by atoms with Crippen molar-refractivity contribution in [3.8, 4) is 11.5 Å². The monoisotopic (exact) mass is 404 g/mol. The lowest BCUT2D eigenvalue weighted by Crippen LogP contribution is -2.27. The van der Waals surface area contributed by atoms with E-state index in [9.17, 15) is 18.4 Å². The third-order valence-electron chi connectivity index (χ3n) is 4.74. The highest BCUT2D eigenvalue weighted by Crippen LogP contribution is 2.30. The Hall–Kier alpha value is -3.16. The number of hydrogen-bond donors (Lipinski definition) is 1. The van der Waals surface area contributed by atoms with E-state index in [1.54, 1.807) is 29.2 Å². The van der Waals surface area contributed by atoms with Crippen LogP contribution in [0.3, 0.4) is 0 Å². The predicted molar refractivity (Wildman–Crippen MR) is 104 cm³/mol.